The second-order valence-electron chi connectivity index (χ2n) is 4.67. The minimum Gasteiger partial charge on any atom is -0.393 e. The normalized spacial score (nSPS) is 18.0. The quantitative estimate of drug-likeness (QED) is 0.669. The Kier molecular flexibility index (Phi) is 4.09. The van der Waals surface area contributed by atoms with Crippen molar-refractivity contribution in [1.29, 1.82) is 0 Å². The molecule has 1 N–H and O–H groups in total. The first kappa shape index (κ1) is 11.0. The molecule has 2 atom stereocenters. The summed E-state index contributed by atoms with van der Waals surface area (Å²) in [6, 6.07) is 0. The van der Waals surface area contributed by atoms with E-state index in [0.717, 1.165) is 12.8 Å². The summed E-state index contributed by atoms with van der Waals surface area (Å²) in [6.07, 6.45) is 2.04. The third-order valence-electron chi connectivity index (χ3n) is 2.08. The van der Waals surface area contributed by atoms with Crippen molar-refractivity contribution in [2.45, 2.75) is 53.6 Å². The maximum atomic E-state index is 9.38. The molecular weight excluding hydrogens is 136 g/mol. The van der Waals surface area contributed by atoms with Gasteiger partial charge in [-0.25, -0.2) is 0 Å². The van der Waals surface area contributed by atoms with Crippen molar-refractivity contribution in [2.24, 2.45) is 11.3 Å². The molecule has 0 aromatic heterocycles. The number of hydrogen-bond acceptors (Lipinski definition) is 1. The van der Waals surface area contributed by atoms with Crippen molar-refractivity contribution in [2.75, 3.05) is 0 Å². The highest BCUT2D eigenvalue weighted by molar-refractivity contribution is 4.71. The highest BCUT2D eigenvalue weighted by Gasteiger charge is 2.20. The predicted molar refractivity (Wildman–Crippen MR) is 49.5 cm³/mol. The summed E-state index contributed by atoms with van der Waals surface area (Å²) < 4.78 is 0. The van der Waals surface area contributed by atoms with Crippen molar-refractivity contribution < 1.29 is 5.11 Å². The Hall–Kier alpha value is -0.0400. The number of hydrogen-bond donors (Lipinski definition) is 1. The SMILES string of the molecule is CCC(CC(C)(C)C)C(C)O. The fraction of sp³-hybridized carbons (Fsp3) is 1.00. The standard InChI is InChI=1S/C10H22O/c1-6-9(8(2)11)7-10(3,4)5/h8-9,11H,6-7H2,1-5H3. The lowest BCUT2D eigenvalue weighted by Crippen LogP contribution is -2.22. The van der Waals surface area contributed by atoms with Gasteiger partial charge in [-0.3, -0.25) is 0 Å². The van der Waals surface area contributed by atoms with E-state index in [4.69, 9.17) is 0 Å². The van der Waals surface area contributed by atoms with Crippen LogP contribution in [0.5, 0.6) is 0 Å². The fourth-order valence-corrected chi connectivity index (χ4v) is 1.44. The lowest BCUT2D eigenvalue weighted by Gasteiger charge is -2.26. The summed E-state index contributed by atoms with van der Waals surface area (Å²) in [6.45, 7) is 10.7. The first-order chi connectivity index (χ1) is 4.87. The zero-order valence-corrected chi connectivity index (χ0v) is 8.52. The highest BCUT2D eigenvalue weighted by Crippen LogP contribution is 2.27. The summed E-state index contributed by atoms with van der Waals surface area (Å²) in [5.41, 5.74) is 0.345. The van der Waals surface area contributed by atoms with E-state index >= 15 is 0 Å². The van der Waals surface area contributed by atoms with Gasteiger partial charge in [-0.2, -0.15) is 0 Å². The maximum absolute atomic E-state index is 9.38. The molecule has 0 heterocycles. The second kappa shape index (κ2) is 4.10. The van der Waals surface area contributed by atoms with E-state index in [1.165, 1.54) is 0 Å². The first-order valence-corrected chi connectivity index (χ1v) is 4.55. The molecule has 11 heavy (non-hydrogen) atoms. The average Bonchev–Trinajstić information content (AvgIpc) is 1.80. The fourth-order valence-electron chi connectivity index (χ4n) is 1.44. The molecule has 0 radical (unpaired) electrons. The third kappa shape index (κ3) is 5.25. The summed E-state index contributed by atoms with van der Waals surface area (Å²) >= 11 is 0. The van der Waals surface area contributed by atoms with Crippen LogP contribution in [0.2, 0.25) is 0 Å². The Labute approximate surface area is 70.8 Å². The van der Waals surface area contributed by atoms with Gasteiger partial charge in [0, 0.05) is 0 Å². The first-order valence-electron chi connectivity index (χ1n) is 4.55. The van der Waals surface area contributed by atoms with E-state index in [2.05, 4.69) is 27.7 Å². The Morgan fingerprint density at radius 1 is 1.27 bits per heavy atom. The highest BCUT2D eigenvalue weighted by atomic mass is 16.3. The van der Waals surface area contributed by atoms with E-state index in [0.29, 0.717) is 11.3 Å². The van der Waals surface area contributed by atoms with Crippen molar-refractivity contribution in [1.82, 2.24) is 0 Å². The molecule has 0 fully saturated rings. The molecular formula is C10H22O. The van der Waals surface area contributed by atoms with Gasteiger partial charge < -0.3 is 5.11 Å². The molecule has 1 nitrogen and oxygen atoms in total. The molecule has 0 rings (SSSR count). The molecule has 0 amide bonds. The van der Waals surface area contributed by atoms with E-state index < -0.39 is 0 Å². The molecule has 0 spiro atoms. The molecule has 0 saturated carbocycles. The minimum absolute atomic E-state index is 0.153. The van der Waals surface area contributed by atoms with Crippen LogP contribution >= 0.6 is 0 Å². The van der Waals surface area contributed by atoms with Gasteiger partial charge in [0.2, 0.25) is 0 Å². The van der Waals surface area contributed by atoms with Crippen molar-refractivity contribution in [3.05, 3.63) is 0 Å². The second-order valence-corrected chi connectivity index (χ2v) is 4.67. The van der Waals surface area contributed by atoms with Crippen LogP contribution in [-0.4, -0.2) is 11.2 Å². The van der Waals surface area contributed by atoms with E-state index in [-0.39, 0.29) is 6.10 Å². The Morgan fingerprint density at radius 3 is 1.82 bits per heavy atom. The zero-order valence-electron chi connectivity index (χ0n) is 8.52. The Balaban J connectivity index is 3.88. The van der Waals surface area contributed by atoms with Crippen LogP contribution < -0.4 is 0 Å². The van der Waals surface area contributed by atoms with Crippen LogP contribution in [0.25, 0.3) is 0 Å². The summed E-state index contributed by atoms with van der Waals surface area (Å²) in [5.74, 6) is 0.468. The number of aliphatic hydroxyl groups is 1. The maximum Gasteiger partial charge on any atom is 0.0540 e. The zero-order chi connectivity index (χ0) is 9.07. The monoisotopic (exact) mass is 158 g/mol. The lowest BCUT2D eigenvalue weighted by molar-refractivity contribution is 0.0940. The molecule has 0 aliphatic carbocycles. The molecule has 0 saturated heterocycles. The van der Waals surface area contributed by atoms with Crippen molar-refractivity contribution in [3.63, 3.8) is 0 Å². The van der Waals surface area contributed by atoms with Crippen LogP contribution in [0.4, 0.5) is 0 Å². The van der Waals surface area contributed by atoms with Gasteiger partial charge in [-0.1, -0.05) is 34.1 Å². The van der Waals surface area contributed by atoms with Gasteiger partial charge >= 0.3 is 0 Å². The number of rotatable bonds is 3. The molecule has 2 unspecified atom stereocenters. The van der Waals surface area contributed by atoms with Gasteiger partial charge in [0.15, 0.2) is 0 Å². The molecule has 68 valence electrons. The van der Waals surface area contributed by atoms with E-state index in [1.54, 1.807) is 0 Å². The van der Waals surface area contributed by atoms with Crippen LogP contribution in [0.15, 0.2) is 0 Å². The average molecular weight is 158 g/mol. The van der Waals surface area contributed by atoms with E-state index in [9.17, 15) is 5.11 Å². The van der Waals surface area contributed by atoms with Crippen LogP contribution in [0.3, 0.4) is 0 Å². The molecule has 1 heteroatoms. The van der Waals surface area contributed by atoms with Crippen LogP contribution in [0.1, 0.15) is 47.5 Å². The largest absolute Gasteiger partial charge is 0.393 e. The van der Waals surface area contributed by atoms with Crippen molar-refractivity contribution >= 4 is 0 Å². The van der Waals surface area contributed by atoms with Gasteiger partial charge in [-0.15, -0.1) is 0 Å². The lowest BCUT2D eigenvalue weighted by atomic mass is 9.81. The van der Waals surface area contributed by atoms with Gasteiger partial charge in [-0.05, 0) is 24.7 Å². The smallest absolute Gasteiger partial charge is 0.0540 e. The van der Waals surface area contributed by atoms with Gasteiger partial charge in [0.1, 0.15) is 0 Å². The molecule has 0 aliphatic rings. The minimum atomic E-state index is -0.153. The van der Waals surface area contributed by atoms with Crippen molar-refractivity contribution in [3.8, 4) is 0 Å². The molecule has 0 aliphatic heterocycles. The summed E-state index contributed by atoms with van der Waals surface area (Å²) in [5, 5.41) is 9.38. The van der Waals surface area contributed by atoms with Crippen LogP contribution in [-0.2, 0) is 0 Å². The van der Waals surface area contributed by atoms with E-state index in [1.807, 2.05) is 6.92 Å². The Bertz CT molecular complexity index is 99.9. The predicted octanol–water partition coefficient (Wildman–Crippen LogP) is 2.83. The molecule has 0 aromatic carbocycles. The molecule has 0 bridgehead atoms. The topological polar surface area (TPSA) is 20.2 Å². The summed E-state index contributed by atoms with van der Waals surface area (Å²) in [7, 11) is 0. The van der Waals surface area contributed by atoms with Gasteiger partial charge in [0.25, 0.3) is 0 Å². The van der Waals surface area contributed by atoms with Gasteiger partial charge in [0.05, 0.1) is 6.10 Å². The van der Waals surface area contributed by atoms with Crippen LogP contribution in [0, 0.1) is 11.3 Å². The third-order valence-corrected chi connectivity index (χ3v) is 2.08. The summed E-state index contributed by atoms with van der Waals surface area (Å²) in [4.78, 5) is 0. The molecule has 0 aromatic rings. The Morgan fingerprint density at radius 2 is 1.73 bits per heavy atom. The number of aliphatic hydroxyl groups excluding tert-OH is 1.